The van der Waals surface area contributed by atoms with Gasteiger partial charge in [0.15, 0.2) is 0 Å². The van der Waals surface area contributed by atoms with Crippen molar-refractivity contribution in [3.05, 3.63) is 33.2 Å². The average Bonchev–Trinajstić information content (AvgIpc) is 2.57. The predicted molar refractivity (Wildman–Crippen MR) is 99.7 cm³/mol. The van der Waals surface area contributed by atoms with Crippen LogP contribution in [0.3, 0.4) is 0 Å². The number of aromatic nitrogens is 1. The Kier molecular flexibility index (Phi) is 6.41. The van der Waals surface area contributed by atoms with Gasteiger partial charge in [0.1, 0.15) is 6.54 Å². The number of hydrogen-bond donors (Lipinski definition) is 2. The molecule has 1 fully saturated rings. The van der Waals surface area contributed by atoms with Gasteiger partial charge in [-0.05, 0) is 46.1 Å². The summed E-state index contributed by atoms with van der Waals surface area (Å²) in [7, 11) is 0. The van der Waals surface area contributed by atoms with Gasteiger partial charge in [-0.15, -0.1) is 0 Å². The molecule has 0 aromatic carbocycles. The number of nitrogens with one attached hydrogen (secondary N) is 1. The summed E-state index contributed by atoms with van der Waals surface area (Å²) in [6, 6.07) is 1.29. The molecule has 1 unspecified atom stereocenters. The van der Waals surface area contributed by atoms with Gasteiger partial charge in [-0.25, -0.2) is 0 Å². The molecule has 0 spiro atoms. The zero-order chi connectivity index (χ0) is 20.3. The van der Waals surface area contributed by atoms with Crippen LogP contribution in [0.25, 0.3) is 0 Å². The van der Waals surface area contributed by atoms with Crippen molar-refractivity contribution in [3.8, 4) is 0 Å². The molecule has 1 aromatic rings. The highest BCUT2D eigenvalue weighted by Gasteiger charge is 2.30. The van der Waals surface area contributed by atoms with Gasteiger partial charge in [-0.2, -0.15) is 0 Å². The van der Waals surface area contributed by atoms with E-state index in [1.165, 1.54) is 15.5 Å². The third kappa shape index (κ3) is 4.75. The number of nitrogens with zero attached hydrogens (tertiary/aromatic N) is 2. The minimum absolute atomic E-state index is 0.0543. The van der Waals surface area contributed by atoms with E-state index in [0.29, 0.717) is 36.2 Å². The van der Waals surface area contributed by atoms with Crippen molar-refractivity contribution in [3.63, 3.8) is 0 Å². The summed E-state index contributed by atoms with van der Waals surface area (Å²) in [5.41, 5.74) is 0.960. The monoisotopic (exact) mass is 377 g/mol. The highest BCUT2D eigenvalue weighted by atomic mass is 16.4. The van der Waals surface area contributed by atoms with E-state index in [4.69, 9.17) is 0 Å². The van der Waals surface area contributed by atoms with E-state index in [9.17, 15) is 24.3 Å². The van der Waals surface area contributed by atoms with Gasteiger partial charge in [0.05, 0.1) is 11.5 Å². The lowest BCUT2D eigenvalue weighted by molar-refractivity contribution is -0.143. The summed E-state index contributed by atoms with van der Waals surface area (Å²) in [6.07, 6.45) is 1.17. The Bertz CT molecular complexity index is 812. The number of carbonyl (C=O) groups excluding carboxylic acids is 2. The fourth-order valence-corrected chi connectivity index (χ4v) is 3.47. The van der Waals surface area contributed by atoms with E-state index >= 15 is 0 Å². The summed E-state index contributed by atoms with van der Waals surface area (Å²) in [5, 5.41) is 12.0. The lowest BCUT2D eigenvalue weighted by atomic mass is 9.96. The molecule has 27 heavy (non-hydrogen) atoms. The Morgan fingerprint density at radius 3 is 2.56 bits per heavy atom. The van der Waals surface area contributed by atoms with Crippen LogP contribution in [0.1, 0.15) is 48.3 Å². The van der Waals surface area contributed by atoms with Crippen LogP contribution in [0.4, 0.5) is 0 Å². The number of hydrogen-bond acceptors (Lipinski definition) is 4. The molecule has 0 saturated carbocycles. The molecule has 1 aliphatic heterocycles. The number of aryl methyl sites for hydroxylation is 1. The number of carbonyl (C=O) groups is 3. The molecule has 2 rings (SSSR count). The summed E-state index contributed by atoms with van der Waals surface area (Å²) in [4.78, 5) is 50.3. The van der Waals surface area contributed by atoms with Crippen LogP contribution in [-0.4, -0.2) is 51.5 Å². The topological polar surface area (TPSA) is 109 Å². The van der Waals surface area contributed by atoms with Crippen LogP contribution < -0.4 is 10.9 Å². The van der Waals surface area contributed by atoms with Gasteiger partial charge in [0.25, 0.3) is 11.5 Å². The van der Waals surface area contributed by atoms with Gasteiger partial charge >= 0.3 is 5.97 Å². The summed E-state index contributed by atoms with van der Waals surface area (Å²) in [5.74, 6) is -2.09. The Balaban J connectivity index is 2.34. The third-order valence-electron chi connectivity index (χ3n) is 4.79. The van der Waals surface area contributed by atoms with Crippen LogP contribution in [-0.2, 0) is 16.1 Å². The fourth-order valence-electron chi connectivity index (χ4n) is 3.47. The molecule has 8 nitrogen and oxygen atoms in total. The first-order chi connectivity index (χ1) is 12.6. The van der Waals surface area contributed by atoms with Gasteiger partial charge in [-0.1, -0.05) is 0 Å². The van der Waals surface area contributed by atoms with Crippen molar-refractivity contribution in [2.45, 2.75) is 53.1 Å². The normalized spacial score (nSPS) is 17.1. The lowest BCUT2D eigenvalue weighted by Gasteiger charge is -2.31. The number of carboxylic acids is 1. The Hall–Kier alpha value is -2.64. The van der Waals surface area contributed by atoms with Crippen molar-refractivity contribution in [2.24, 2.45) is 5.92 Å². The van der Waals surface area contributed by atoms with Gasteiger partial charge < -0.3 is 19.9 Å². The zero-order valence-electron chi connectivity index (χ0n) is 16.2. The molecule has 2 amide bonds. The van der Waals surface area contributed by atoms with Crippen LogP contribution in [0.2, 0.25) is 0 Å². The molecule has 0 radical (unpaired) electrons. The van der Waals surface area contributed by atoms with E-state index in [1.807, 2.05) is 13.8 Å². The first-order valence-corrected chi connectivity index (χ1v) is 9.14. The van der Waals surface area contributed by atoms with Crippen molar-refractivity contribution < 1.29 is 19.5 Å². The quantitative estimate of drug-likeness (QED) is 0.793. The maximum absolute atomic E-state index is 13.1. The smallest absolute Gasteiger partial charge is 0.308 e. The van der Waals surface area contributed by atoms with Gasteiger partial charge in [0.2, 0.25) is 5.91 Å². The summed E-state index contributed by atoms with van der Waals surface area (Å²) >= 11 is 0. The van der Waals surface area contributed by atoms with Gasteiger partial charge in [0, 0.05) is 30.9 Å². The third-order valence-corrected chi connectivity index (χ3v) is 4.79. The molecule has 1 aromatic heterocycles. The van der Waals surface area contributed by atoms with Crippen molar-refractivity contribution >= 4 is 17.8 Å². The fraction of sp³-hybridized carbons (Fsp3) is 0.579. The molecule has 1 aliphatic rings. The van der Waals surface area contributed by atoms with E-state index in [0.717, 1.165) is 0 Å². The van der Waals surface area contributed by atoms with Crippen LogP contribution in [0, 0.1) is 19.8 Å². The zero-order valence-corrected chi connectivity index (χ0v) is 16.2. The molecule has 2 heterocycles. The number of rotatable bonds is 5. The second kappa shape index (κ2) is 8.37. The van der Waals surface area contributed by atoms with Crippen molar-refractivity contribution in [1.29, 1.82) is 0 Å². The average molecular weight is 377 g/mol. The van der Waals surface area contributed by atoms with Gasteiger partial charge in [-0.3, -0.25) is 19.2 Å². The first kappa shape index (κ1) is 20.7. The van der Waals surface area contributed by atoms with Crippen molar-refractivity contribution in [1.82, 2.24) is 14.8 Å². The van der Waals surface area contributed by atoms with E-state index in [-0.39, 0.29) is 36.5 Å². The molecular weight excluding hydrogens is 350 g/mol. The number of likely N-dealkylation sites (tertiary alicyclic amines) is 1. The number of pyridine rings is 1. The molecule has 2 N–H and O–H groups in total. The van der Waals surface area contributed by atoms with Crippen LogP contribution in [0.15, 0.2) is 10.9 Å². The van der Waals surface area contributed by atoms with E-state index < -0.39 is 11.9 Å². The molecule has 8 heteroatoms. The minimum Gasteiger partial charge on any atom is -0.481 e. The second-order valence-corrected chi connectivity index (χ2v) is 7.36. The number of piperidine rings is 1. The highest BCUT2D eigenvalue weighted by Crippen LogP contribution is 2.21. The largest absolute Gasteiger partial charge is 0.481 e. The molecule has 1 atom stereocenters. The minimum atomic E-state index is -0.906. The lowest BCUT2D eigenvalue weighted by Crippen LogP contribution is -2.43. The molecule has 0 aliphatic carbocycles. The SMILES string of the molecule is Cc1cc(=O)n(CC(=O)NC(C)C)c(C)c1C(=O)N1CCCC(C(=O)O)C1. The standard InChI is InChI=1S/C19H27N3O5/c1-11(2)20-15(23)10-22-13(4)17(12(3)8-16(22)24)18(25)21-7-5-6-14(9-21)19(26)27/h8,11,14H,5-7,9-10H2,1-4H3,(H,20,23)(H,26,27). The maximum Gasteiger partial charge on any atom is 0.308 e. The molecule has 148 valence electrons. The van der Waals surface area contributed by atoms with E-state index in [2.05, 4.69) is 5.32 Å². The first-order valence-electron chi connectivity index (χ1n) is 9.14. The highest BCUT2D eigenvalue weighted by molar-refractivity contribution is 5.97. The Morgan fingerprint density at radius 2 is 1.96 bits per heavy atom. The van der Waals surface area contributed by atoms with Crippen LogP contribution in [0.5, 0.6) is 0 Å². The van der Waals surface area contributed by atoms with E-state index in [1.54, 1.807) is 13.8 Å². The van der Waals surface area contributed by atoms with Crippen LogP contribution >= 0.6 is 0 Å². The molecule has 1 saturated heterocycles. The summed E-state index contributed by atoms with van der Waals surface area (Å²) < 4.78 is 1.29. The molecular formula is C19H27N3O5. The van der Waals surface area contributed by atoms with Crippen molar-refractivity contribution in [2.75, 3.05) is 13.1 Å². The Morgan fingerprint density at radius 1 is 1.30 bits per heavy atom. The number of carboxylic acid groups (broad SMARTS) is 1. The predicted octanol–water partition coefficient (Wildman–Crippen LogP) is 0.927. The number of amides is 2. The molecule has 0 bridgehead atoms. The number of aliphatic carboxylic acids is 1. The summed E-state index contributed by atoms with van der Waals surface area (Å²) in [6.45, 7) is 7.44. The Labute approximate surface area is 158 Å². The second-order valence-electron chi connectivity index (χ2n) is 7.36. The maximum atomic E-state index is 13.1.